The first-order valence-electron chi connectivity index (χ1n) is 11.5. The molecule has 1 aliphatic heterocycles. The number of rotatable bonds is 8. The Morgan fingerprint density at radius 3 is 2.29 bits per heavy atom. The zero-order valence-electron chi connectivity index (χ0n) is 19.2. The van der Waals surface area contributed by atoms with Crippen LogP contribution in [0.15, 0.2) is 72.8 Å². The van der Waals surface area contributed by atoms with Gasteiger partial charge in [-0.3, -0.25) is 14.5 Å². The van der Waals surface area contributed by atoms with Crippen LogP contribution in [0.1, 0.15) is 49.3 Å². The monoisotopic (exact) mass is 468 g/mol. The van der Waals surface area contributed by atoms with Crippen molar-refractivity contribution < 1.29 is 23.9 Å². The zero-order chi connectivity index (χ0) is 24.4. The third kappa shape index (κ3) is 4.28. The van der Waals surface area contributed by atoms with Crippen molar-refractivity contribution in [3.8, 4) is 5.75 Å². The lowest BCUT2D eigenvalue weighted by Crippen LogP contribution is -2.32. The Bertz CT molecular complexity index is 1390. The number of H-pyrrole nitrogens is 1. The molecule has 3 aromatic carbocycles. The molecule has 1 aliphatic rings. The molecule has 0 aliphatic carbocycles. The minimum Gasteiger partial charge on any atom is -0.489 e. The van der Waals surface area contributed by atoms with Gasteiger partial charge in [0, 0.05) is 18.0 Å². The van der Waals surface area contributed by atoms with Gasteiger partial charge in [0.05, 0.1) is 23.3 Å². The van der Waals surface area contributed by atoms with E-state index < -0.39 is 5.97 Å². The molecular formula is C28H24N2O5. The molecule has 1 aromatic heterocycles. The molecule has 5 rings (SSSR count). The Labute approximate surface area is 202 Å². The Balaban J connectivity index is 1.41. The highest BCUT2D eigenvalue weighted by Gasteiger charge is 2.35. The number of benzene rings is 3. The van der Waals surface area contributed by atoms with Gasteiger partial charge in [-0.1, -0.05) is 42.5 Å². The molecule has 0 saturated carbocycles. The van der Waals surface area contributed by atoms with Crippen LogP contribution in [0.4, 0.5) is 0 Å². The van der Waals surface area contributed by atoms with E-state index in [9.17, 15) is 14.4 Å². The number of nitrogens with zero attached hydrogens (tertiary/aromatic N) is 1. The van der Waals surface area contributed by atoms with E-state index >= 15 is 0 Å². The number of aromatic amines is 1. The van der Waals surface area contributed by atoms with Gasteiger partial charge in [0.2, 0.25) is 0 Å². The average Bonchev–Trinajstić information content (AvgIpc) is 3.37. The quantitative estimate of drug-likeness (QED) is 0.297. The number of ether oxygens (including phenoxy) is 2. The number of aromatic nitrogens is 1. The minimum atomic E-state index is -0.479. The summed E-state index contributed by atoms with van der Waals surface area (Å²) >= 11 is 0. The van der Waals surface area contributed by atoms with Crippen LogP contribution in [0.25, 0.3) is 10.9 Å². The Kier molecular flexibility index (Phi) is 6.06. The molecular weight excluding hydrogens is 444 g/mol. The first-order chi connectivity index (χ1) is 17.1. The van der Waals surface area contributed by atoms with Crippen molar-refractivity contribution >= 4 is 28.7 Å². The first kappa shape index (κ1) is 22.4. The standard InChI is InChI=1S/C28H24N2O5/c1-2-34-28(33)25-21(14-15-30-26(31)22-10-6-7-11-23(22)27(30)32)20-13-12-19(16-24(20)29-25)35-17-18-8-4-3-5-9-18/h3-13,16,29H,2,14-15,17H2,1H3. The molecule has 2 amide bonds. The summed E-state index contributed by atoms with van der Waals surface area (Å²) in [7, 11) is 0. The van der Waals surface area contributed by atoms with Crippen LogP contribution in [0, 0.1) is 0 Å². The van der Waals surface area contributed by atoms with E-state index in [2.05, 4.69) is 4.98 Å². The summed E-state index contributed by atoms with van der Waals surface area (Å²) in [5, 5.41) is 0.816. The molecule has 0 spiro atoms. The summed E-state index contributed by atoms with van der Waals surface area (Å²) in [5.41, 5.74) is 3.59. The second-order valence-corrected chi connectivity index (χ2v) is 8.24. The number of hydrogen-bond acceptors (Lipinski definition) is 5. The maximum absolute atomic E-state index is 12.8. The van der Waals surface area contributed by atoms with Crippen molar-refractivity contribution in [3.05, 3.63) is 101 Å². The lowest BCUT2D eigenvalue weighted by Gasteiger charge is -2.14. The van der Waals surface area contributed by atoms with Gasteiger partial charge in [0.25, 0.3) is 11.8 Å². The predicted molar refractivity (Wildman–Crippen MR) is 131 cm³/mol. The maximum Gasteiger partial charge on any atom is 0.355 e. The molecule has 7 heteroatoms. The van der Waals surface area contributed by atoms with Crippen LogP contribution >= 0.6 is 0 Å². The average molecular weight is 469 g/mol. The van der Waals surface area contributed by atoms with E-state index in [4.69, 9.17) is 9.47 Å². The maximum atomic E-state index is 12.8. The number of nitrogens with one attached hydrogen (secondary N) is 1. The molecule has 35 heavy (non-hydrogen) atoms. The number of fused-ring (bicyclic) bond motifs is 2. The van der Waals surface area contributed by atoms with E-state index in [0.717, 1.165) is 16.5 Å². The van der Waals surface area contributed by atoms with Crippen molar-refractivity contribution in [1.29, 1.82) is 0 Å². The normalized spacial score (nSPS) is 12.8. The molecule has 0 atom stereocenters. The SMILES string of the molecule is CCOC(=O)c1[nH]c2cc(OCc3ccccc3)ccc2c1CCN1C(=O)c2ccccc2C1=O. The molecule has 0 saturated heterocycles. The van der Waals surface area contributed by atoms with Crippen molar-refractivity contribution in [2.24, 2.45) is 0 Å². The molecule has 4 aromatic rings. The van der Waals surface area contributed by atoms with Gasteiger partial charge in [-0.15, -0.1) is 0 Å². The molecule has 176 valence electrons. The summed E-state index contributed by atoms with van der Waals surface area (Å²) in [4.78, 5) is 42.6. The van der Waals surface area contributed by atoms with Crippen LogP contribution in [-0.2, 0) is 17.8 Å². The molecule has 0 radical (unpaired) electrons. The second-order valence-electron chi connectivity index (χ2n) is 8.24. The summed E-state index contributed by atoms with van der Waals surface area (Å²) in [6.07, 6.45) is 0.309. The number of imide groups is 1. The highest BCUT2D eigenvalue weighted by molar-refractivity contribution is 6.21. The second kappa shape index (κ2) is 9.46. The molecule has 0 unspecified atom stereocenters. The number of carbonyl (C=O) groups is 3. The minimum absolute atomic E-state index is 0.151. The van der Waals surface area contributed by atoms with Crippen molar-refractivity contribution in [3.63, 3.8) is 0 Å². The molecule has 2 heterocycles. The molecule has 7 nitrogen and oxygen atoms in total. The number of hydrogen-bond donors (Lipinski definition) is 1. The topological polar surface area (TPSA) is 88.7 Å². The fourth-order valence-electron chi connectivity index (χ4n) is 4.37. The van der Waals surface area contributed by atoms with E-state index in [1.807, 2.05) is 48.5 Å². The van der Waals surface area contributed by atoms with Crippen LogP contribution in [0.5, 0.6) is 5.75 Å². The highest BCUT2D eigenvalue weighted by Crippen LogP contribution is 2.29. The van der Waals surface area contributed by atoms with E-state index in [1.54, 1.807) is 31.2 Å². The molecule has 0 fully saturated rings. The highest BCUT2D eigenvalue weighted by atomic mass is 16.5. The fraction of sp³-hybridized carbons (Fsp3) is 0.179. The van der Waals surface area contributed by atoms with Crippen molar-refractivity contribution in [2.75, 3.05) is 13.2 Å². The summed E-state index contributed by atoms with van der Waals surface area (Å²) in [6, 6.07) is 22.2. The van der Waals surface area contributed by atoms with E-state index in [-0.39, 0.29) is 25.0 Å². The predicted octanol–water partition coefficient (Wildman–Crippen LogP) is 4.76. The van der Waals surface area contributed by atoms with Crippen molar-refractivity contribution in [2.45, 2.75) is 20.0 Å². The number of esters is 1. The lowest BCUT2D eigenvalue weighted by molar-refractivity contribution is 0.0519. The fourth-order valence-corrected chi connectivity index (χ4v) is 4.37. The third-order valence-corrected chi connectivity index (χ3v) is 6.07. The zero-order valence-corrected chi connectivity index (χ0v) is 19.2. The van der Waals surface area contributed by atoms with Crippen LogP contribution in [-0.4, -0.2) is 40.8 Å². The lowest BCUT2D eigenvalue weighted by atomic mass is 10.1. The smallest absolute Gasteiger partial charge is 0.355 e. The van der Waals surface area contributed by atoms with Gasteiger partial charge < -0.3 is 14.5 Å². The summed E-state index contributed by atoms with van der Waals surface area (Å²) in [5.74, 6) is -0.461. The molecule has 0 bridgehead atoms. The van der Waals surface area contributed by atoms with Gasteiger partial charge in [-0.25, -0.2) is 4.79 Å². The Morgan fingerprint density at radius 1 is 0.914 bits per heavy atom. The van der Waals surface area contributed by atoms with E-state index in [1.165, 1.54) is 4.90 Å². The number of carbonyl (C=O) groups excluding carboxylic acids is 3. The largest absolute Gasteiger partial charge is 0.489 e. The van der Waals surface area contributed by atoms with Gasteiger partial charge in [-0.2, -0.15) is 0 Å². The Morgan fingerprint density at radius 2 is 1.60 bits per heavy atom. The van der Waals surface area contributed by atoms with Gasteiger partial charge in [0.15, 0.2) is 0 Å². The number of amides is 2. The third-order valence-electron chi connectivity index (χ3n) is 6.07. The molecule has 1 N–H and O–H groups in total. The van der Waals surface area contributed by atoms with E-state index in [0.29, 0.717) is 41.2 Å². The van der Waals surface area contributed by atoms with Gasteiger partial charge >= 0.3 is 5.97 Å². The van der Waals surface area contributed by atoms with Gasteiger partial charge in [-0.05, 0) is 48.7 Å². The first-order valence-corrected chi connectivity index (χ1v) is 11.5. The van der Waals surface area contributed by atoms with Crippen LogP contribution in [0.2, 0.25) is 0 Å². The van der Waals surface area contributed by atoms with Crippen molar-refractivity contribution in [1.82, 2.24) is 9.88 Å². The van der Waals surface area contributed by atoms with Gasteiger partial charge in [0.1, 0.15) is 18.1 Å². The van der Waals surface area contributed by atoms with Crippen LogP contribution < -0.4 is 4.74 Å². The summed E-state index contributed by atoms with van der Waals surface area (Å²) < 4.78 is 11.2. The Hall–Kier alpha value is -4.39. The summed E-state index contributed by atoms with van der Waals surface area (Å²) in [6.45, 7) is 2.55. The van der Waals surface area contributed by atoms with Crippen LogP contribution in [0.3, 0.4) is 0 Å².